The lowest BCUT2D eigenvalue weighted by molar-refractivity contribution is 0.580. The molecule has 0 aliphatic heterocycles. The molecular formula is C12H12N2. The van der Waals surface area contributed by atoms with Crippen molar-refractivity contribution in [3.63, 3.8) is 0 Å². The maximum Gasteiger partial charge on any atom is 0.145 e. The van der Waals surface area contributed by atoms with Gasteiger partial charge in [0.25, 0.3) is 0 Å². The lowest BCUT2D eigenvalue weighted by Crippen LogP contribution is -2.14. The highest BCUT2D eigenvalue weighted by Crippen LogP contribution is 2.20. The first-order chi connectivity index (χ1) is 6.59. The van der Waals surface area contributed by atoms with E-state index in [0.717, 1.165) is 11.1 Å². The first kappa shape index (κ1) is 10.3. The molecule has 1 rings (SSSR count). The van der Waals surface area contributed by atoms with Crippen LogP contribution in [0.4, 0.5) is 0 Å². The maximum atomic E-state index is 8.84. The molecule has 0 fully saturated rings. The average Bonchev–Trinajstić information content (AvgIpc) is 2.18. The molecule has 0 heterocycles. The number of nitriles is 2. The lowest BCUT2D eigenvalue weighted by atomic mass is 9.86. The van der Waals surface area contributed by atoms with Crippen LogP contribution in [0, 0.1) is 35.0 Å². The van der Waals surface area contributed by atoms with Crippen LogP contribution in [0.15, 0.2) is 24.3 Å². The molecule has 0 bridgehead atoms. The van der Waals surface area contributed by atoms with Crippen molar-refractivity contribution >= 4 is 0 Å². The van der Waals surface area contributed by atoms with Crippen molar-refractivity contribution in [2.24, 2.45) is 5.41 Å². The summed E-state index contributed by atoms with van der Waals surface area (Å²) in [4.78, 5) is 0. The fourth-order valence-electron chi connectivity index (χ4n) is 1.33. The van der Waals surface area contributed by atoms with Crippen molar-refractivity contribution < 1.29 is 0 Å². The van der Waals surface area contributed by atoms with Gasteiger partial charge < -0.3 is 0 Å². The summed E-state index contributed by atoms with van der Waals surface area (Å²) < 4.78 is 0. The van der Waals surface area contributed by atoms with E-state index in [9.17, 15) is 0 Å². The van der Waals surface area contributed by atoms with Crippen molar-refractivity contribution in [3.8, 4) is 12.1 Å². The van der Waals surface area contributed by atoms with E-state index in [0.29, 0.717) is 6.42 Å². The SMILES string of the molecule is Cc1cccc(CC(C)(C#N)C#N)c1. The molecule has 0 aliphatic carbocycles. The predicted octanol–water partition coefficient (Wildman–Crippen LogP) is 2.59. The van der Waals surface area contributed by atoms with Crippen molar-refractivity contribution in [3.05, 3.63) is 35.4 Å². The van der Waals surface area contributed by atoms with Gasteiger partial charge >= 0.3 is 0 Å². The fourth-order valence-corrected chi connectivity index (χ4v) is 1.33. The number of aryl methyl sites for hydroxylation is 1. The second-order valence-corrected chi connectivity index (χ2v) is 3.72. The Morgan fingerprint density at radius 3 is 2.43 bits per heavy atom. The van der Waals surface area contributed by atoms with Crippen LogP contribution >= 0.6 is 0 Å². The number of benzene rings is 1. The number of nitrogens with zero attached hydrogens (tertiary/aromatic N) is 2. The Hall–Kier alpha value is -1.80. The molecule has 0 aliphatic rings. The summed E-state index contributed by atoms with van der Waals surface area (Å²) in [6, 6.07) is 12.0. The van der Waals surface area contributed by atoms with Crippen molar-refractivity contribution in [1.29, 1.82) is 10.5 Å². The van der Waals surface area contributed by atoms with E-state index in [2.05, 4.69) is 0 Å². The summed E-state index contributed by atoms with van der Waals surface area (Å²) in [7, 11) is 0. The van der Waals surface area contributed by atoms with E-state index in [1.165, 1.54) is 0 Å². The smallest absolute Gasteiger partial charge is 0.145 e. The number of rotatable bonds is 2. The molecule has 1 aromatic carbocycles. The summed E-state index contributed by atoms with van der Waals surface area (Å²) in [6.07, 6.45) is 0.488. The normalized spacial score (nSPS) is 10.3. The summed E-state index contributed by atoms with van der Waals surface area (Å²) in [6.45, 7) is 3.66. The van der Waals surface area contributed by atoms with Crippen molar-refractivity contribution in [2.45, 2.75) is 20.3 Å². The fraction of sp³-hybridized carbons (Fsp3) is 0.333. The Kier molecular flexibility index (Phi) is 2.89. The standard InChI is InChI=1S/C12H12N2/c1-10-4-3-5-11(6-10)7-12(2,8-13)9-14/h3-6H,7H2,1-2H3. The van der Waals surface area contributed by atoms with Gasteiger partial charge in [-0.3, -0.25) is 0 Å². The van der Waals surface area contributed by atoms with Gasteiger partial charge in [-0.05, 0) is 19.4 Å². The molecule has 70 valence electrons. The lowest BCUT2D eigenvalue weighted by Gasteiger charge is -2.11. The number of hydrogen-bond donors (Lipinski definition) is 0. The average molecular weight is 184 g/mol. The van der Waals surface area contributed by atoms with Gasteiger partial charge in [-0.15, -0.1) is 0 Å². The third kappa shape index (κ3) is 2.34. The molecule has 0 N–H and O–H groups in total. The number of hydrogen-bond acceptors (Lipinski definition) is 2. The predicted molar refractivity (Wildman–Crippen MR) is 54.2 cm³/mol. The molecule has 0 atom stereocenters. The molecule has 0 aromatic heterocycles. The topological polar surface area (TPSA) is 47.6 Å². The highest BCUT2D eigenvalue weighted by atomic mass is 14.4. The van der Waals surface area contributed by atoms with Crippen molar-refractivity contribution in [1.82, 2.24) is 0 Å². The van der Waals surface area contributed by atoms with Crippen LogP contribution in [0.1, 0.15) is 18.1 Å². The van der Waals surface area contributed by atoms with Gasteiger partial charge in [-0.25, -0.2) is 0 Å². The van der Waals surface area contributed by atoms with Gasteiger partial charge in [0, 0.05) is 6.42 Å². The second kappa shape index (κ2) is 3.94. The molecule has 0 radical (unpaired) electrons. The van der Waals surface area contributed by atoms with Crippen molar-refractivity contribution in [2.75, 3.05) is 0 Å². The zero-order valence-electron chi connectivity index (χ0n) is 8.41. The molecule has 14 heavy (non-hydrogen) atoms. The highest BCUT2D eigenvalue weighted by Gasteiger charge is 2.23. The molecule has 2 nitrogen and oxygen atoms in total. The quantitative estimate of drug-likeness (QED) is 0.709. The molecular weight excluding hydrogens is 172 g/mol. The first-order valence-corrected chi connectivity index (χ1v) is 4.48. The second-order valence-electron chi connectivity index (χ2n) is 3.72. The Morgan fingerprint density at radius 1 is 1.29 bits per heavy atom. The zero-order chi connectivity index (χ0) is 10.6. The van der Waals surface area contributed by atoms with E-state index in [1.807, 2.05) is 43.3 Å². The van der Waals surface area contributed by atoms with Crippen LogP contribution in [-0.2, 0) is 6.42 Å². The van der Waals surface area contributed by atoms with Crippen LogP contribution in [0.5, 0.6) is 0 Å². The van der Waals surface area contributed by atoms with Gasteiger partial charge in [0.05, 0.1) is 12.1 Å². The van der Waals surface area contributed by atoms with Gasteiger partial charge in [0.1, 0.15) is 5.41 Å². The third-order valence-electron chi connectivity index (χ3n) is 2.13. The van der Waals surface area contributed by atoms with Gasteiger partial charge in [0.15, 0.2) is 0 Å². The highest BCUT2D eigenvalue weighted by molar-refractivity contribution is 5.27. The molecule has 0 amide bonds. The Bertz CT molecular complexity index is 393. The van der Waals surface area contributed by atoms with Crippen LogP contribution in [0.3, 0.4) is 0 Å². The Morgan fingerprint density at radius 2 is 1.93 bits per heavy atom. The monoisotopic (exact) mass is 184 g/mol. The molecule has 0 spiro atoms. The van der Waals surface area contributed by atoms with Crippen LogP contribution < -0.4 is 0 Å². The van der Waals surface area contributed by atoms with E-state index in [4.69, 9.17) is 10.5 Å². The molecule has 1 aromatic rings. The van der Waals surface area contributed by atoms with E-state index < -0.39 is 5.41 Å². The summed E-state index contributed by atoms with van der Waals surface area (Å²) in [5.41, 5.74) is 1.28. The molecule has 0 saturated heterocycles. The van der Waals surface area contributed by atoms with E-state index >= 15 is 0 Å². The van der Waals surface area contributed by atoms with Gasteiger partial charge in [0.2, 0.25) is 0 Å². The van der Waals surface area contributed by atoms with E-state index in [-0.39, 0.29) is 0 Å². The maximum absolute atomic E-state index is 8.84. The van der Waals surface area contributed by atoms with E-state index in [1.54, 1.807) is 6.92 Å². The zero-order valence-corrected chi connectivity index (χ0v) is 8.41. The van der Waals surface area contributed by atoms with Crippen LogP contribution in [-0.4, -0.2) is 0 Å². The van der Waals surface area contributed by atoms with Crippen LogP contribution in [0.2, 0.25) is 0 Å². The summed E-state index contributed by atoms with van der Waals surface area (Å²) in [5.74, 6) is 0. The minimum absolute atomic E-state index is 0.488. The van der Waals surface area contributed by atoms with Gasteiger partial charge in [-0.2, -0.15) is 10.5 Å². The minimum Gasteiger partial charge on any atom is -0.197 e. The molecule has 2 heteroatoms. The van der Waals surface area contributed by atoms with Crippen LogP contribution in [0.25, 0.3) is 0 Å². The Labute approximate surface area is 84.4 Å². The molecule has 0 unspecified atom stereocenters. The van der Waals surface area contributed by atoms with Gasteiger partial charge in [-0.1, -0.05) is 29.8 Å². The minimum atomic E-state index is -0.909. The third-order valence-corrected chi connectivity index (χ3v) is 2.13. The first-order valence-electron chi connectivity index (χ1n) is 4.48. The summed E-state index contributed by atoms with van der Waals surface area (Å²) >= 11 is 0. The molecule has 0 saturated carbocycles. The summed E-state index contributed by atoms with van der Waals surface area (Å²) in [5, 5.41) is 17.7. The largest absolute Gasteiger partial charge is 0.197 e. The Balaban J connectivity index is 2.91.